The quantitative estimate of drug-likeness (QED) is 0.335. The van der Waals surface area contributed by atoms with Crippen LogP contribution in [0.5, 0.6) is 0 Å². The maximum atomic E-state index is 11.8. The number of rotatable bonds is 4. The van der Waals surface area contributed by atoms with Gasteiger partial charge in [-0.05, 0) is 28.0 Å². The molecule has 0 aliphatic heterocycles. The van der Waals surface area contributed by atoms with Crippen molar-refractivity contribution in [3.05, 3.63) is 88.0 Å². The van der Waals surface area contributed by atoms with Crippen LogP contribution in [0.4, 0.5) is 5.69 Å². The van der Waals surface area contributed by atoms with Crippen molar-refractivity contribution in [2.75, 3.05) is 0 Å². The van der Waals surface area contributed by atoms with Gasteiger partial charge in [-0.3, -0.25) is 10.1 Å². The summed E-state index contributed by atoms with van der Waals surface area (Å²) in [4.78, 5) is 22.1. The third kappa shape index (κ3) is 3.01. The molecule has 0 saturated carbocycles. The predicted octanol–water partition coefficient (Wildman–Crippen LogP) is 4.37. The van der Waals surface area contributed by atoms with Gasteiger partial charge < -0.3 is 5.11 Å². The van der Waals surface area contributed by atoms with Crippen LogP contribution >= 0.6 is 0 Å². The van der Waals surface area contributed by atoms with E-state index in [1.54, 1.807) is 18.2 Å². The molecule has 0 saturated heterocycles. The Hall–Kier alpha value is -3.47. The molecule has 24 heavy (non-hydrogen) atoms. The molecular formula is C19H13NO4. The Bertz CT molecular complexity index is 971. The molecule has 0 aromatic heterocycles. The number of non-ortho nitro benzene ring substituents is 1. The first-order valence-electron chi connectivity index (χ1n) is 7.24. The molecule has 3 rings (SSSR count). The molecule has 5 nitrogen and oxygen atoms in total. The molecule has 3 aromatic carbocycles. The lowest BCUT2D eigenvalue weighted by molar-refractivity contribution is -0.384. The van der Waals surface area contributed by atoms with Gasteiger partial charge in [-0.15, -0.1) is 0 Å². The average Bonchev–Trinajstić information content (AvgIpc) is 2.59. The Morgan fingerprint density at radius 1 is 1.00 bits per heavy atom. The van der Waals surface area contributed by atoms with Gasteiger partial charge in [-0.25, -0.2) is 4.79 Å². The van der Waals surface area contributed by atoms with E-state index in [0.29, 0.717) is 11.1 Å². The maximum Gasteiger partial charge on any atom is 0.336 e. The number of hydrogen-bond acceptors (Lipinski definition) is 3. The predicted molar refractivity (Wildman–Crippen MR) is 92.6 cm³/mol. The van der Waals surface area contributed by atoms with Gasteiger partial charge in [0.15, 0.2) is 0 Å². The zero-order valence-corrected chi connectivity index (χ0v) is 12.5. The monoisotopic (exact) mass is 319 g/mol. The summed E-state index contributed by atoms with van der Waals surface area (Å²) in [7, 11) is 0. The molecule has 0 heterocycles. The molecule has 0 fully saturated rings. The Labute approximate surface area is 137 Å². The minimum Gasteiger partial charge on any atom is -0.478 e. The molecule has 0 atom stereocenters. The molecule has 5 heteroatoms. The van der Waals surface area contributed by atoms with Gasteiger partial charge in [0, 0.05) is 12.1 Å². The summed E-state index contributed by atoms with van der Waals surface area (Å²) in [5, 5.41) is 22.3. The molecule has 0 radical (unpaired) electrons. The fourth-order valence-electron chi connectivity index (χ4n) is 2.61. The highest BCUT2D eigenvalue weighted by molar-refractivity contribution is 6.23. The fourth-order valence-corrected chi connectivity index (χ4v) is 2.61. The summed E-state index contributed by atoms with van der Waals surface area (Å²) in [6.07, 6.45) is 1.46. The van der Waals surface area contributed by atoms with E-state index >= 15 is 0 Å². The van der Waals surface area contributed by atoms with Crippen molar-refractivity contribution in [1.29, 1.82) is 0 Å². The number of fused-ring (bicyclic) bond motifs is 1. The first-order valence-corrected chi connectivity index (χ1v) is 7.24. The fraction of sp³-hybridized carbons (Fsp3) is 0. The largest absolute Gasteiger partial charge is 0.478 e. The van der Waals surface area contributed by atoms with Crippen molar-refractivity contribution in [3.8, 4) is 0 Å². The highest BCUT2D eigenvalue weighted by Gasteiger charge is 2.14. The lowest BCUT2D eigenvalue weighted by Gasteiger charge is -2.08. The third-order valence-electron chi connectivity index (χ3n) is 3.70. The van der Waals surface area contributed by atoms with Crippen LogP contribution in [0.1, 0.15) is 11.1 Å². The second kappa shape index (κ2) is 6.34. The van der Waals surface area contributed by atoms with Gasteiger partial charge in [0.1, 0.15) is 0 Å². The molecule has 118 valence electrons. The van der Waals surface area contributed by atoms with E-state index in [1.807, 2.05) is 30.3 Å². The number of carbonyl (C=O) groups is 1. The van der Waals surface area contributed by atoms with Gasteiger partial charge in [0.2, 0.25) is 0 Å². The third-order valence-corrected chi connectivity index (χ3v) is 3.70. The van der Waals surface area contributed by atoms with Crippen molar-refractivity contribution < 1.29 is 14.8 Å². The zero-order chi connectivity index (χ0) is 17.1. The number of aliphatic carboxylic acids is 1. The summed E-state index contributed by atoms with van der Waals surface area (Å²) in [6, 6.07) is 18.8. The van der Waals surface area contributed by atoms with Crippen molar-refractivity contribution in [2.45, 2.75) is 0 Å². The summed E-state index contributed by atoms with van der Waals surface area (Å²) >= 11 is 0. The van der Waals surface area contributed by atoms with Crippen molar-refractivity contribution in [1.82, 2.24) is 0 Å². The lowest BCUT2D eigenvalue weighted by Crippen LogP contribution is -2.00. The van der Waals surface area contributed by atoms with Crippen LogP contribution in [0.25, 0.3) is 22.4 Å². The van der Waals surface area contributed by atoms with Crippen molar-refractivity contribution >= 4 is 34.1 Å². The smallest absolute Gasteiger partial charge is 0.336 e. The Balaban J connectivity index is 2.18. The van der Waals surface area contributed by atoms with E-state index in [1.165, 1.54) is 24.3 Å². The number of hydrogen-bond donors (Lipinski definition) is 1. The summed E-state index contributed by atoms with van der Waals surface area (Å²) in [6.45, 7) is 0. The van der Waals surface area contributed by atoms with Crippen LogP contribution in [-0.4, -0.2) is 16.0 Å². The molecule has 1 N–H and O–H groups in total. The van der Waals surface area contributed by atoms with Crippen molar-refractivity contribution in [3.63, 3.8) is 0 Å². The number of carboxylic acids is 1. The average molecular weight is 319 g/mol. The van der Waals surface area contributed by atoms with Crippen LogP contribution in [0.15, 0.2) is 66.7 Å². The van der Waals surface area contributed by atoms with E-state index in [0.717, 1.165) is 10.8 Å². The van der Waals surface area contributed by atoms with Crippen LogP contribution in [0, 0.1) is 10.1 Å². The Morgan fingerprint density at radius 3 is 2.46 bits per heavy atom. The highest BCUT2D eigenvalue weighted by atomic mass is 16.6. The number of nitro groups is 1. The van der Waals surface area contributed by atoms with E-state index in [2.05, 4.69) is 0 Å². The second-order valence-electron chi connectivity index (χ2n) is 5.24. The second-order valence-corrected chi connectivity index (χ2v) is 5.24. The van der Waals surface area contributed by atoms with E-state index in [-0.39, 0.29) is 11.3 Å². The van der Waals surface area contributed by atoms with Crippen LogP contribution in [0.2, 0.25) is 0 Å². The van der Waals surface area contributed by atoms with Gasteiger partial charge in [0.05, 0.1) is 10.5 Å². The standard InChI is InChI=1S/C19H13NO4/c21-19(22)18(12-13-5-3-8-15(11-13)20(23)24)17-10-4-7-14-6-1-2-9-16(14)17/h1-12H,(H,21,22)/b18-12-. The molecule has 0 bridgehead atoms. The summed E-state index contributed by atoms with van der Waals surface area (Å²) in [5.74, 6) is -1.09. The first-order chi connectivity index (χ1) is 11.6. The van der Waals surface area contributed by atoms with Gasteiger partial charge in [0.25, 0.3) is 5.69 Å². The number of nitrogens with zero attached hydrogens (tertiary/aromatic N) is 1. The summed E-state index contributed by atoms with van der Waals surface area (Å²) in [5.41, 5.74) is 1.06. The maximum absolute atomic E-state index is 11.8. The molecule has 0 amide bonds. The zero-order valence-electron chi connectivity index (χ0n) is 12.5. The first kappa shape index (κ1) is 15.4. The highest BCUT2D eigenvalue weighted by Crippen LogP contribution is 2.27. The van der Waals surface area contributed by atoms with E-state index in [9.17, 15) is 20.0 Å². The number of benzene rings is 3. The number of carboxylic acid groups (broad SMARTS) is 1. The van der Waals surface area contributed by atoms with E-state index in [4.69, 9.17) is 0 Å². The lowest BCUT2D eigenvalue weighted by atomic mass is 9.96. The normalized spacial score (nSPS) is 11.4. The molecule has 3 aromatic rings. The molecule has 0 spiro atoms. The SMILES string of the molecule is O=C(O)/C(=C\c1cccc([N+](=O)[O-])c1)c1cccc2ccccc12. The summed E-state index contributed by atoms with van der Waals surface area (Å²) < 4.78 is 0. The van der Waals surface area contributed by atoms with Crippen LogP contribution in [0.3, 0.4) is 0 Å². The van der Waals surface area contributed by atoms with Gasteiger partial charge in [-0.1, -0.05) is 54.6 Å². The molecule has 0 aliphatic carbocycles. The van der Waals surface area contributed by atoms with Gasteiger partial charge >= 0.3 is 5.97 Å². The Morgan fingerprint density at radius 2 is 1.71 bits per heavy atom. The number of nitro benzene ring substituents is 1. The minimum atomic E-state index is -1.09. The van der Waals surface area contributed by atoms with Crippen LogP contribution in [-0.2, 0) is 4.79 Å². The van der Waals surface area contributed by atoms with Crippen LogP contribution < -0.4 is 0 Å². The minimum absolute atomic E-state index is 0.0774. The molecular weight excluding hydrogens is 306 g/mol. The van der Waals surface area contributed by atoms with Crippen molar-refractivity contribution in [2.24, 2.45) is 0 Å². The van der Waals surface area contributed by atoms with Gasteiger partial charge in [-0.2, -0.15) is 0 Å². The Kier molecular flexibility index (Phi) is 4.07. The molecule has 0 unspecified atom stereocenters. The topological polar surface area (TPSA) is 80.4 Å². The molecule has 0 aliphatic rings. The van der Waals surface area contributed by atoms with E-state index < -0.39 is 10.9 Å².